The van der Waals surface area contributed by atoms with Crippen molar-refractivity contribution in [3.05, 3.63) is 107 Å². The van der Waals surface area contributed by atoms with Gasteiger partial charge in [-0.25, -0.2) is 12.8 Å². The Morgan fingerprint density at radius 2 is 1.70 bits per heavy atom. The number of sulfonamides is 1. The number of hydrogen-bond acceptors (Lipinski definition) is 4. The predicted octanol–water partition coefficient (Wildman–Crippen LogP) is 4.27. The number of halogens is 1. The second-order valence-corrected chi connectivity index (χ2v) is 9.25. The molecule has 1 atom stereocenters. The van der Waals surface area contributed by atoms with Crippen molar-refractivity contribution in [2.24, 2.45) is 0 Å². The zero-order chi connectivity index (χ0) is 23.8. The lowest BCUT2D eigenvalue weighted by molar-refractivity contribution is 0.0942. The number of nitrogens with zero attached hydrogens (tertiary/aromatic N) is 1. The molecule has 0 aliphatic carbocycles. The Balaban J connectivity index is 1.61. The Bertz CT molecular complexity index is 1210. The standard InChI is InChI=1S/C25H26FN3O3S/c1-29(2)24(21-9-6-10-22(26)17-21)18-27-25(30)20-11-13-23(14-12-20)28-33(31,32)16-15-19-7-4-3-5-8-19/h3-17,24,28H,18H2,1-2H3,(H,27,30)/b16-15+/t24-/m0/s1. The molecule has 6 nitrogen and oxygen atoms in total. The van der Waals surface area contributed by atoms with Crippen LogP contribution >= 0.6 is 0 Å². The van der Waals surface area contributed by atoms with E-state index >= 15 is 0 Å². The zero-order valence-electron chi connectivity index (χ0n) is 18.4. The Hall–Kier alpha value is -3.49. The summed E-state index contributed by atoms with van der Waals surface area (Å²) in [5.74, 6) is -0.640. The molecule has 0 unspecified atom stereocenters. The summed E-state index contributed by atoms with van der Waals surface area (Å²) in [7, 11) is 0.0137. The molecule has 0 spiro atoms. The minimum Gasteiger partial charge on any atom is -0.350 e. The van der Waals surface area contributed by atoms with Gasteiger partial charge in [0.25, 0.3) is 15.9 Å². The van der Waals surface area contributed by atoms with Gasteiger partial charge in [-0.2, -0.15) is 0 Å². The number of benzene rings is 3. The molecule has 3 aromatic rings. The van der Waals surface area contributed by atoms with E-state index in [1.807, 2.05) is 43.3 Å². The first-order valence-electron chi connectivity index (χ1n) is 10.3. The smallest absolute Gasteiger partial charge is 0.255 e. The van der Waals surface area contributed by atoms with Crippen LogP contribution in [0.15, 0.2) is 84.3 Å². The van der Waals surface area contributed by atoms with Gasteiger partial charge in [0.2, 0.25) is 0 Å². The number of likely N-dealkylation sites (N-methyl/N-ethyl adjacent to an activating group) is 1. The topological polar surface area (TPSA) is 78.5 Å². The van der Waals surface area contributed by atoms with Crippen molar-refractivity contribution in [2.45, 2.75) is 6.04 Å². The maximum absolute atomic E-state index is 13.6. The van der Waals surface area contributed by atoms with Crippen LogP contribution in [0.1, 0.15) is 27.5 Å². The van der Waals surface area contributed by atoms with Crippen LogP contribution in [0.5, 0.6) is 0 Å². The number of carbonyl (C=O) groups excluding carboxylic acids is 1. The molecule has 0 aliphatic rings. The molecule has 0 fully saturated rings. The maximum Gasteiger partial charge on any atom is 0.255 e. The third kappa shape index (κ3) is 7.27. The molecule has 0 saturated carbocycles. The van der Waals surface area contributed by atoms with Gasteiger partial charge >= 0.3 is 0 Å². The molecule has 0 bridgehead atoms. The first-order valence-corrected chi connectivity index (χ1v) is 11.8. The maximum atomic E-state index is 13.6. The average Bonchev–Trinajstić information content (AvgIpc) is 2.78. The number of amides is 1. The zero-order valence-corrected chi connectivity index (χ0v) is 19.2. The van der Waals surface area contributed by atoms with Crippen molar-refractivity contribution >= 4 is 27.7 Å². The monoisotopic (exact) mass is 467 g/mol. The fraction of sp³-hybridized carbons (Fsp3) is 0.160. The lowest BCUT2D eigenvalue weighted by atomic mass is 10.1. The van der Waals surface area contributed by atoms with Crippen molar-refractivity contribution in [1.82, 2.24) is 10.2 Å². The van der Waals surface area contributed by atoms with Gasteiger partial charge in [-0.05, 0) is 67.7 Å². The van der Waals surface area contributed by atoms with Gasteiger partial charge in [0, 0.05) is 17.8 Å². The van der Waals surface area contributed by atoms with Crippen molar-refractivity contribution < 1.29 is 17.6 Å². The van der Waals surface area contributed by atoms with E-state index in [-0.39, 0.29) is 24.3 Å². The minimum atomic E-state index is -3.70. The van der Waals surface area contributed by atoms with E-state index in [1.165, 1.54) is 30.3 Å². The van der Waals surface area contributed by atoms with Crippen LogP contribution in [0.25, 0.3) is 6.08 Å². The van der Waals surface area contributed by atoms with E-state index in [2.05, 4.69) is 10.0 Å². The fourth-order valence-electron chi connectivity index (χ4n) is 3.22. The highest BCUT2D eigenvalue weighted by atomic mass is 32.2. The van der Waals surface area contributed by atoms with E-state index < -0.39 is 10.0 Å². The van der Waals surface area contributed by atoms with Crippen LogP contribution in [0.4, 0.5) is 10.1 Å². The summed E-state index contributed by atoms with van der Waals surface area (Å²) in [6, 6.07) is 21.3. The molecule has 8 heteroatoms. The van der Waals surface area contributed by atoms with Crippen LogP contribution in [0.3, 0.4) is 0 Å². The fourth-order valence-corrected chi connectivity index (χ4v) is 4.09. The number of carbonyl (C=O) groups is 1. The summed E-state index contributed by atoms with van der Waals surface area (Å²) in [6.45, 7) is 0.286. The molecular formula is C25H26FN3O3S. The number of hydrogen-bond donors (Lipinski definition) is 2. The van der Waals surface area contributed by atoms with Crippen molar-refractivity contribution in [1.29, 1.82) is 0 Å². The van der Waals surface area contributed by atoms with Gasteiger partial charge < -0.3 is 10.2 Å². The molecule has 3 rings (SSSR count). The predicted molar refractivity (Wildman–Crippen MR) is 130 cm³/mol. The summed E-state index contributed by atoms with van der Waals surface area (Å²) in [4.78, 5) is 14.5. The molecule has 0 aliphatic heterocycles. The SMILES string of the molecule is CN(C)[C@@H](CNC(=O)c1ccc(NS(=O)(=O)/C=C/c2ccccc2)cc1)c1cccc(F)c1. The van der Waals surface area contributed by atoms with E-state index in [0.717, 1.165) is 16.5 Å². The third-order valence-electron chi connectivity index (χ3n) is 4.96. The molecule has 1 amide bonds. The van der Waals surface area contributed by atoms with Crippen LogP contribution in [0, 0.1) is 5.82 Å². The van der Waals surface area contributed by atoms with Gasteiger partial charge in [0.05, 0.1) is 11.4 Å². The highest BCUT2D eigenvalue weighted by Crippen LogP contribution is 2.19. The highest BCUT2D eigenvalue weighted by Gasteiger charge is 2.16. The van der Waals surface area contributed by atoms with Gasteiger partial charge in [-0.3, -0.25) is 9.52 Å². The molecule has 3 aromatic carbocycles. The lowest BCUT2D eigenvalue weighted by Crippen LogP contribution is -2.34. The lowest BCUT2D eigenvalue weighted by Gasteiger charge is -2.25. The number of rotatable bonds is 9. The van der Waals surface area contributed by atoms with E-state index in [1.54, 1.807) is 30.3 Å². The van der Waals surface area contributed by atoms with Gasteiger partial charge in [0.15, 0.2) is 0 Å². The number of anilines is 1. The second-order valence-electron chi connectivity index (χ2n) is 7.68. The van der Waals surface area contributed by atoms with Crippen molar-refractivity contribution in [3.8, 4) is 0 Å². The Kier molecular flexibility index (Phi) is 7.97. The van der Waals surface area contributed by atoms with Crippen LogP contribution in [-0.4, -0.2) is 39.9 Å². The van der Waals surface area contributed by atoms with Gasteiger partial charge in [-0.15, -0.1) is 0 Å². The first-order chi connectivity index (χ1) is 15.7. The molecule has 2 N–H and O–H groups in total. The molecule has 0 radical (unpaired) electrons. The Morgan fingerprint density at radius 3 is 2.33 bits per heavy atom. The minimum absolute atomic E-state index is 0.202. The molecule has 172 valence electrons. The van der Waals surface area contributed by atoms with Crippen LogP contribution in [0.2, 0.25) is 0 Å². The van der Waals surface area contributed by atoms with E-state index in [9.17, 15) is 17.6 Å². The van der Waals surface area contributed by atoms with Crippen molar-refractivity contribution in [2.75, 3.05) is 25.4 Å². The third-order valence-corrected chi connectivity index (χ3v) is 5.97. The molecule has 0 saturated heterocycles. The summed E-state index contributed by atoms with van der Waals surface area (Å²) in [5.41, 5.74) is 2.25. The summed E-state index contributed by atoms with van der Waals surface area (Å²) in [6.07, 6.45) is 1.50. The van der Waals surface area contributed by atoms with E-state index in [0.29, 0.717) is 11.3 Å². The van der Waals surface area contributed by atoms with E-state index in [4.69, 9.17) is 0 Å². The molecular weight excluding hydrogens is 441 g/mol. The highest BCUT2D eigenvalue weighted by molar-refractivity contribution is 7.95. The first kappa shape index (κ1) is 24.2. The van der Waals surface area contributed by atoms with Gasteiger partial charge in [0.1, 0.15) is 5.82 Å². The quantitative estimate of drug-likeness (QED) is 0.493. The number of nitrogens with one attached hydrogen (secondary N) is 2. The van der Waals surface area contributed by atoms with Crippen molar-refractivity contribution in [3.63, 3.8) is 0 Å². The largest absolute Gasteiger partial charge is 0.350 e. The summed E-state index contributed by atoms with van der Waals surface area (Å²) >= 11 is 0. The Labute approximate surface area is 193 Å². The molecule has 0 aromatic heterocycles. The molecule has 33 heavy (non-hydrogen) atoms. The summed E-state index contributed by atoms with van der Waals surface area (Å²) in [5, 5.41) is 3.95. The second kappa shape index (κ2) is 10.9. The van der Waals surface area contributed by atoms with Crippen LogP contribution < -0.4 is 10.0 Å². The average molecular weight is 468 g/mol. The Morgan fingerprint density at radius 1 is 1.00 bits per heavy atom. The molecule has 0 heterocycles. The van der Waals surface area contributed by atoms with Gasteiger partial charge in [-0.1, -0.05) is 42.5 Å². The summed E-state index contributed by atoms with van der Waals surface area (Å²) < 4.78 is 40.6. The van der Waals surface area contributed by atoms with Crippen LogP contribution in [-0.2, 0) is 10.0 Å². The normalized spacial score (nSPS) is 12.6.